The molecule has 2 heterocycles. The predicted molar refractivity (Wildman–Crippen MR) is 112 cm³/mol. The van der Waals surface area contributed by atoms with E-state index in [1.54, 1.807) is 0 Å². The van der Waals surface area contributed by atoms with E-state index in [4.69, 9.17) is 4.74 Å². The quantitative estimate of drug-likeness (QED) is 0.720. The highest BCUT2D eigenvalue weighted by Crippen LogP contribution is 2.34. The Morgan fingerprint density at radius 2 is 1.97 bits per heavy atom. The summed E-state index contributed by atoms with van der Waals surface area (Å²) in [5.41, 5.74) is -0.388. The van der Waals surface area contributed by atoms with Crippen molar-refractivity contribution in [3.05, 3.63) is 56.2 Å². The fourth-order valence-electron chi connectivity index (χ4n) is 3.51. The number of hydrogen-bond acceptors (Lipinski definition) is 6. The van der Waals surface area contributed by atoms with Gasteiger partial charge in [-0.15, -0.1) is 0 Å². The van der Waals surface area contributed by atoms with Gasteiger partial charge < -0.3 is 9.84 Å². The number of hydrazone groups is 1. The van der Waals surface area contributed by atoms with Crippen LogP contribution in [-0.2, 0) is 11.3 Å². The number of carbonyl (C=O) groups excluding carboxylic acids is 1. The second-order valence-corrected chi connectivity index (χ2v) is 7.10. The first-order valence-electron chi connectivity index (χ1n) is 10.0. The van der Waals surface area contributed by atoms with Gasteiger partial charge in [-0.25, -0.2) is 9.80 Å². The molecule has 1 aliphatic rings. The number of aromatic amines is 1. The Morgan fingerprint density at radius 3 is 2.57 bits per heavy atom. The molecule has 1 aliphatic heterocycles. The molecule has 0 spiro atoms. The molecule has 2 aromatic rings. The van der Waals surface area contributed by atoms with Gasteiger partial charge in [0.05, 0.1) is 18.4 Å². The molecular weight excluding hydrogens is 388 g/mol. The Balaban J connectivity index is 2.00. The summed E-state index contributed by atoms with van der Waals surface area (Å²) >= 11 is 0. The van der Waals surface area contributed by atoms with Crippen LogP contribution in [0, 0.1) is 0 Å². The van der Waals surface area contributed by atoms with Gasteiger partial charge in [-0.3, -0.25) is 19.1 Å². The van der Waals surface area contributed by atoms with Gasteiger partial charge in [-0.1, -0.05) is 25.5 Å². The first-order chi connectivity index (χ1) is 14.4. The van der Waals surface area contributed by atoms with E-state index in [0.29, 0.717) is 18.8 Å². The zero-order chi connectivity index (χ0) is 21.8. The molecule has 2 N–H and O–H groups in total. The lowest BCUT2D eigenvalue weighted by molar-refractivity contribution is -0.130. The minimum Gasteiger partial charge on any atom is -0.494 e. The number of H-pyrrole nitrogens is 1. The number of nitrogens with zero attached hydrogens (tertiary/aromatic N) is 3. The molecule has 9 nitrogen and oxygen atoms in total. The van der Waals surface area contributed by atoms with Crippen molar-refractivity contribution in [3.63, 3.8) is 0 Å². The SMILES string of the molecule is CCCCn1c(O)c(C2=NN(C(C)=O)C(c3ccc(OCC)cc3)C2)c(=O)[nH]c1=O. The lowest BCUT2D eigenvalue weighted by atomic mass is 9.99. The Hall–Kier alpha value is -3.36. The van der Waals surface area contributed by atoms with Crippen molar-refractivity contribution in [2.24, 2.45) is 5.10 Å². The van der Waals surface area contributed by atoms with Gasteiger partial charge in [0.1, 0.15) is 11.3 Å². The molecule has 0 fully saturated rings. The third-order valence-electron chi connectivity index (χ3n) is 5.00. The van der Waals surface area contributed by atoms with E-state index < -0.39 is 23.2 Å². The Bertz CT molecular complexity index is 1070. The van der Waals surface area contributed by atoms with Gasteiger partial charge in [-0.2, -0.15) is 5.10 Å². The van der Waals surface area contributed by atoms with Gasteiger partial charge in [0.2, 0.25) is 11.8 Å². The number of nitrogens with one attached hydrogen (secondary N) is 1. The molecule has 1 amide bonds. The summed E-state index contributed by atoms with van der Waals surface area (Å²) in [5, 5.41) is 16.3. The predicted octanol–water partition coefficient (Wildman–Crippen LogP) is 2.14. The van der Waals surface area contributed by atoms with Gasteiger partial charge in [0.15, 0.2) is 0 Å². The standard InChI is InChI=1S/C21H26N4O5/c1-4-6-11-24-20(28)18(19(27)22-21(24)29)16-12-17(25(23-16)13(3)26)14-7-9-15(10-8-14)30-5-2/h7-10,17,28H,4-6,11-12H2,1-3H3,(H,22,27,29). The van der Waals surface area contributed by atoms with Crippen LogP contribution in [0.3, 0.4) is 0 Å². The average Bonchev–Trinajstić information content (AvgIpc) is 3.14. The molecule has 1 aromatic heterocycles. The molecule has 0 aliphatic carbocycles. The van der Waals surface area contributed by atoms with Crippen LogP contribution in [-0.4, -0.2) is 37.9 Å². The maximum atomic E-state index is 12.5. The number of amides is 1. The van der Waals surface area contributed by atoms with E-state index in [0.717, 1.165) is 16.6 Å². The van der Waals surface area contributed by atoms with Crippen LogP contribution in [0.15, 0.2) is 39.0 Å². The van der Waals surface area contributed by atoms with Crippen molar-refractivity contribution in [1.82, 2.24) is 14.6 Å². The summed E-state index contributed by atoms with van der Waals surface area (Å²) in [7, 11) is 0. The number of aromatic nitrogens is 2. The number of benzene rings is 1. The molecule has 0 radical (unpaired) electrons. The summed E-state index contributed by atoms with van der Waals surface area (Å²) in [6.45, 7) is 6.07. The van der Waals surface area contributed by atoms with E-state index in [1.807, 2.05) is 38.1 Å². The maximum absolute atomic E-state index is 12.5. The van der Waals surface area contributed by atoms with Crippen LogP contribution < -0.4 is 16.0 Å². The number of aromatic hydroxyl groups is 1. The fourth-order valence-corrected chi connectivity index (χ4v) is 3.51. The number of carbonyl (C=O) groups is 1. The Labute approximate surface area is 173 Å². The topological polar surface area (TPSA) is 117 Å². The fraction of sp³-hybridized carbons (Fsp3) is 0.429. The Kier molecular flexibility index (Phi) is 6.39. The lowest BCUT2D eigenvalue weighted by Gasteiger charge is -2.20. The molecular formula is C21H26N4O5. The van der Waals surface area contributed by atoms with Gasteiger partial charge >= 0.3 is 5.69 Å². The van der Waals surface area contributed by atoms with E-state index in [9.17, 15) is 19.5 Å². The first-order valence-corrected chi connectivity index (χ1v) is 10.0. The highest BCUT2D eigenvalue weighted by molar-refractivity contribution is 6.04. The molecule has 0 bridgehead atoms. The molecule has 1 atom stereocenters. The number of unbranched alkanes of at least 4 members (excludes halogenated alkanes) is 1. The van der Waals surface area contributed by atoms with Crippen LogP contribution in [0.4, 0.5) is 0 Å². The van der Waals surface area contributed by atoms with E-state index in [1.165, 1.54) is 11.9 Å². The van der Waals surface area contributed by atoms with Gasteiger partial charge in [0, 0.05) is 19.9 Å². The molecule has 0 saturated heterocycles. The first kappa shape index (κ1) is 21.4. The monoisotopic (exact) mass is 414 g/mol. The zero-order valence-electron chi connectivity index (χ0n) is 17.3. The molecule has 1 unspecified atom stereocenters. The van der Waals surface area contributed by atoms with Crippen LogP contribution in [0.25, 0.3) is 0 Å². The van der Waals surface area contributed by atoms with Crippen molar-refractivity contribution in [2.45, 2.75) is 52.6 Å². The molecule has 0 saturated carbocycles. The number of hydrogen-bond donors (Lipinski definition) is 2. The molecule has 30 heavy (non-hydrogen) atoms. The lowest BCUT2D eigenvalue weighted by Crippen LogP contribution is -2.33. The van der Waals surface area contributed by atoms with Crippen molar-refractivity contribution < 1.29 is 14.6 Å². The third-order valence-corrected chi connectivity index (χ3v) is 5.00. The second kappa shape index (κ2) is 8.98. The van der Waals surface area contributed by atoms with Crippen molar-refractivity contribution in [3.8, 4) is 11.6 Å². The summed E-state index contributed by atoms with van der Waals surface area (Å²) in [5.74, 6) is -0.00208. The largest absolute Gasteiger partial charge is 0.494 e. The van der Waals surface area contributed by atoms with E-state index >= 15 is 0 Å². The van der Waals surface area contributed by atoms with Crippen molar-refractivity contribution >= 4 is 11.6 Å². The average molecular weight is 414 g/mol. The van der Waals surface area contributed by atoms with Crippen LogP contribution in [0.2, 0.25) is 0 Å². The van der Waals surface area contributed by atoms with E-state index in [2.05, 4.69) is 10.1 Å². The van der Waals surface area contributed by atoms with Crippen LogP contribution in [0.1, 0.15) is 57.2 Å². The smallest absolute Gasteiger partial charge is 0.331 e. The molecule has 1 aromatic carbocycles. The van der Waals surface area contributed by atoms with Crippen LogP contribution >= 0.6 is 0 Å². The highest BCUT2D eigenvalue weighted by atomic mass is 16.5. The summed E-state index contributed by atoms with van der Waals surface area (Å²) in [6.07, 6.45) is 1.72. The van der Waals surface area contributed by atoms with Crippen LogP contribution in [0.5, 0.6) is 11.6 Å². The van der Waals surface area contributed by atoms with E-state index in [-0.39, 0.29) is 30.1 Å². The second-order valence-electron chi connectivity index (χ2n) is 7.10. The number of ether oxygens (including phenoxy) is 1. The highest BCUT2D eigenvalue weighted by Gasteiger charge is 2.34. The molecule has 160 valence electrons. The minimum absolute atomic E-state index is 0.0783. The molecule has 9 heteroatoms. The Morgan fingerprint density at radius 1 is 1.27 bits per heavy atom. The summed E-state index contributed by atoms with van der Waals surface area (Å²) in [6, 6.07) is 6.88. The minimum atomic E-state index is -0.722. The molecule has 3 rings (SSSR count). The van der Waals surface area contributed by atoms with Gasteiger partial charge in [-0.05, 0) is 31.0 Å². The van der Waals surface area contributed by atoms with Crippen molar-refractivity contribution in [1.29, 1.82) is 0 Å². The third kappa shape index (κ3) is 4.14. The maximum Gasteiger partial charge on any atom is 0.331 e. The number of rotatable bonds is 7. The normalized spacial score (nSPS) is 15.9. The van der Waals surface area contributed by atoms with Crippen molar-refractivity contribution in [2.75, 3.05) is 6.61 Å². The van der Waals surface area contributed by atoms with Gasteiger partial charge in [0.25, 0.3) is 5.56 Å². The zero-order valence-corrected chi connectivity index (χ0v) is 17.3. The summed E-state index contributed by atoms with van der Waals surface area (Å²) in [4.78, 5) is 39.0. The summed E-state index contributed by atoms with van der Waals surface area (Å²) < 4.78 is 6.59.